The molecule has 0 saturated heterocycles. The average Bonchev–Trinajstić information content (AvgIpc) is 2.86. The molecule has 4 nitrogen and oxygen atoms in total. The highest BCUT2D eigenvalue weighted by Crippen LogP contribution is 2.14. The molecule has 0 unspecified atom stereocenters. The van der Waals surface area contributed by atoms with Crippen molar-refractivity contribution in [2.24, 2.45) is 5.92 Å². The van der Waals surface area contributed by atoms with Gasteiger partial charge in [-0.05, 0) is 30.7 Å². The fourth-order valence-corrected chi connectivity index (χ4v) is 2.54. The largest absolute Gasteiger partial charge is 0.376 e. The summed E-state index contributed by atoms with van der Waals surface area (Å²) in [5.74, 6) is 4.02. The maximum absolute atomic E-state index is 5.23. The van der Waals surface area contributed by atoms with Crippen molar-refractivity contribution in [1.82, 2.24) is 10.1 Å². The third-order valence-electron chi connectivity index (χ3n) is 2.69. The van der Waals surface area contributed by atoms with E-state index in [1.165, 1.54) is 5.56 Å². The first-order chi connectivity index (χ1) is 9.63. The molecule has 0 amide bonds. The summed E-state index contributed by atoms with van der Waals surface area (Å²) in [4.78, 5) is 4.38. The van der Waals surface area contributed by atoms with Crippen molar-refractivity contribution in [3.05, 3.63) is 41.5 Å². The molecular weight excluding hydrogens is 270 g/mol. The summed E-state index contributed by atoms with van der Waals surface area (Å²) in [5.41, 5.74) is 2.31. The Labute approximate surface area is 124 Å². The topological polar surface area (TPSA) is 51.0 Å². The normalized spacial score (nSPS) is 11.0. The molecule has 1 N–H and O–H groups in total. The molecule has 0 fully saturated rings. The number of aryl methyl sites for hydroxylation is 1. The molecule has 0 spiro atoms. The summed E-state index contributed by atoms with van der Waals surface area (Å²) in [6.07, 6.45) is 0. The van der Waals surface area contributed by atoms with Gasteiger partial charge in [-0.3, -0.25) is 0 Å². The van der Waals surface area contributed by atoms with Crippen LogP contribution in [0.15, 0.2) is 28.8 Å². The second kappa shape index (κ2) is 7.33. The summed E-state index contributed by atoms with van der Waals surface area (Å²) < 4.78 is 5.23. The average molecular weight is 291 g/mol. The maximum Gasteiger partial charge on any atom is 0.245 e. The Balaban J connectivity index is 1.79. The fraction of sp³-hybridized carbons (Fsp3) is 0.467. The van der Waals surface area contributed by atoms with Crippen molar-refractivity contribution in [2.75, 3.05) is 11.1 Å². The Morgan fingerprint density at radius 3 is 2.70 bits per heavy atom. The van der Waals surface area contributed by atoms with Crippen LogP contribution < -0.4 is 5.32 Å². The molecule has 0 atom stereocenters. The molecule has 5 heteroatoms. The third kappa shape index (κ3) is 4.89. The van der Waals surface area contributed by atoms with Crippen molar-refractivity contribution in [1.29, 1.82) is 0 Å². The van der Waals surface area contributed by atoms with E-state index in [0.29, 0.717) is 18.4 Å². The molecule has 0 saturated carbocycles. The minimum Gasteiger partial charge on any atom is -0.376 e. The van der Waals surface area contributed by atoms with Gasteiger partial charge in [-0.15, -0.1) is 0 Å². The van der Waals surface area contributed by atoms with E-state index >= 15 is 0 Å². The Morgan fingerprint density at radius 2 is 2.00 bits per heavy atom. The zero-order valence-electron chi connectivity index (χ0n) is 12.2. The van der Waals surface area contributed by atoms with Crippen molar-refractivity contribution in [2.45, 2.75) is 33.1 Å². The summed E-state index contributed by atoms with van der Waals surface area (Å²) >= 11 is 1.84. The predicted octanol–water partition coefficient (Wildman–Crippen LogP) is 3.88. The van der Waals surface area contributed by atoms with E-state index in [1.54, 1.807) is 0 Å². The molecule has 108 valence electrons. The Bertz CT molecular complexity index is 522. The summed E-state index contributed by atoms with van der Waals surface area (Å²) in [5, 5.41) is 7.27. The smallest absolute Gasteiger partial charge is 0.245 e. The van der Waals surface area contributed by atoms with Gasteiger partial charge in [0.15, 0.2) is 5.82 Å². The lowest BCUT2D eigenvalue weighted by atomic mass is 10.2. The summed E-state index contributed by atoms with van der Waals surface area (Å²) in [7, 11) is 0. The van der Waals surface area contributed by atoms with Crippen LogP contribution in [0.3, 0.4) is 0 Å². The molecule has 20 heavy (non-hydrogen) atoms. The van der Waals surface area contributed by atoms with Crippen molar-refractivity contribution >= 4 is 17.4 Å². The summed E-state index contributed by atoms with van der Waals surface area (Å²) in [6.45, 7) is 7.05. The second-order valence-corrected chi connectivity index (χ2v) is 6.26. The molecule has 0 radical (unpaired) electrons. The number of benzene rings is 1. The Kier molecular flexibility index (Phi) is 5.47. The lowest BCUT2D eigenvalue weighted by Gasteiger charge is -2.03. The monoisotopic (exact) mass is 291 g/mol. The second-order valence-electron chi connectivity index (χ2n) is 5.23. The molecule has 1 aromatic heterocycles. The SMILES string of the molecule is Cc1ccc(NCc2nc(CSCC(C)C)no2)cc1. The van der Waals surface area contributed by atoms with Crippen molar-refractivity contribution < 1.29 is 4.52 Å². The fourth-order valence-electron chi connectivity index (χ4n) is 1.66. The van der Waals surface area contributed by atoms with Crippen LogP contribution in [0.4, 0.5) is 5.69 Å². The number of anilines is 1. The number of nitrogens with one attached hydrogen (secondary N) is 1. The number of hydrogen-bond acceptors (Lipinski definition) is 5. The Hall–Kier alpha value is -1.49. The number of rotatable bonds is 7. The van der Waals surface area contributed by atoms with Gasteiger partial charge in [0.1, 0.15) is 0 Å². The zero-order valence-corrected chi connectivity index (χ0v) is 13.0. The van der Waals surface area contributed by atoms with Crippen LogP contribution in [-0.2, 0) is 12.3 Å². The van der Waals surface area contributed by atoms with Crippen molar-refractivity contribution in [3.8, 4) is 0 Å². The number of hydrogen-bond donors (Lipinski definition) is 1. The van der Waals surface area contributed by atoms with Gasteiger partial charge in [-0.1, -0.05) is 36.7 Å². The number of aromatic nitrogens is 2. The molecule has 0 aliphatic carbocycles. The van der Waals surface area contributed by atoms with E-state index in [-0.39, 0.29) is 0 Å². The minimum atomic E-state index is 0.560. The standard InChI is InChI=1S/C15H21N3OS/c1-11(2)9-20-10-14-17-15(19-18-14)8-16-13-6-4-12(3)5-7-13/h4-7,11,16H,8-10H2,1-3H3. The van der Waals surface area contributed by atoms with E-state index in [0.717, 1.165) is 23.0 Å². The molecule has 1 aromatic carbocycles. The molecule has 1 heterocycles. The van der Waals surface area contributed by atoms with E-state index in [1.807, 2.05) is 23.9 Å². The molecule has 0 bridgehead atoms. The van der Waals surface area contributed by atoms with Crippen LogP contribution >= 0.6 is 11.8 Å². The van der Waals surface area contributed by atoms with Crippen LogP contribution in [0.5, 0.6) is 0 Å². The molecule has 2 rings (SSSR count). The van der Waals surface area contributed by atoms with Crippen LogP contribution in [0.25, 0.3) is 0 Å². The van der Waals surface area contributed by atoms with Gasteiger partial charge in [0, 0.05) is 5.69 Å². The summed E-state index contributed by atoms with van der Waals surface area (Å²) in [6, 6.07) is 8.24. The third-order valence-corrected chi connectivity index (χ3v) is 4.05. The van der Waals surface area contributed by atoms with Crippen molar-refractivity contribution in [3.63, 3.8) is 0 Å². The Morgan fingerprint density at radius 1 is 1.25 bits per heavy atom. The highest BCUT2D eigenvalue weighted by Gasteiger charge is 2.06. The lowest BCUT2D eigenvalue weighted by molar-refractivity contribution is 0.379. The first-order valence-electron chi connectivity index (χ1n) is 6.83. The highest BCUT2D eigenvalue weighted by molar-refractivity contribution is 7.98. The first kappa shape index (κ1) is 14.9. The lowest BCUT2D eigenvalue weighted by Crippen LogP contribution is -1.99. The maximum atomic E-state index is 5.23. The van der Waals surface area contributed by atoms with Crippen LogP contribution in [-0.4, -0.2) is 15.9 Å². The van der Waals surface area contributed by atoms with Gasteiger partial charge in [0.2, 0.25) is 5.89 Å². The molecule has 0 aliphatic heterocycles. The van der Waals surface area contributed by atoms with Gasteiger partial charge in [0.25, 0.3) is 0 Å². The highest BCUT2D eigenvalue weighted by atomic mass is 32.2. The zero-order chi connectivity index (χ0) is 14.4. The van der Waals surface area contributed by atoms with E-state index < -0.39 is 0 Å². The van der Waals surface area contributed by atoms with E-state index in [2.05, 4.69) is 48.4 Å². The van der Waals surface area contributed by atoms with Gasteiger partial charge >= 0.3 is 0 Å². The predicted molar refractivity (Wildman–Crippen MR) is 83.8 cm³/mol. The van der Waals surface area contributed by atoms with Gasteiger partial charge in [0.05, 0.1) is 12.3 Å². The van der Waals surface area contributed by atoms with Gasteiger partial charge < -0.3 is 9.84 Å². The molecule has 2 aromatic rings. The van der Waals surface area contributed by atoms with E-state index in [4.69, 9.17) is 4.52 Å². The first-order valence-corrected chi connectivity index (χ1v) is 7.98. The number of nitrogens with zero attached hydrogens (tertiary/aromatic N) is 2. The minimum absolute atomic E-state index is 0.560. The number of thioether (sulfide) groups is 1. The van der Waals surface area contributed by atoms with E-state index in [9.17, 15) is 0 Å². The van der Waals surface area contributed by atoms with Gasteiger partial charge in [-0.2, -0.15) is 16.7 Å². The van der Waals surface area contributed by atoms with Crippen LogP contribution in [0.2, 0.25) is 0 Å². The van der Waals surface area contributed by atoms with Gasteiger partial charge in [-0.25, -0.2) is 0 Å². The quantitative estimate of drug-likeness (QED) is 0.839. The molecular formula is C15H21N3OS. The molecule has 0 aliphatic rings. The van der Waals surface area contributed by atoms with Crippen LogP contribution in [0.1, 0.15) is 31.1 Å². The van der Waals surface area contributed by atoms with Crippen LogP contribution in [0, 0.1) is 12.8 Å².